The second kappa shape index (κ2) is 8.55. The standard InChI is InChI=1S/C18H27N3O.ClH/c1-3-10-19-13-6-5-7-14(11-13)22-18-9-8-17-16(12-20-21-17)15(18)4-2;/h8-9,12-14,19H,3-7,10-11H2,1-2H3,(H,20,21);1H. The summed E-state index contributed by atoms with van der Waals surface area (Å²) in [5, 5.41) is 12.0. The van der Waals surface area contributed by atoms with E-state index in [-0.39, 0.29) is 12.4 Å². The van der Waals surface area contributed by atoms with Gasteiger partial charge in [-0.05, 0) is 57.2 Å². The summed E-state index contributed by atoms with van der Waals surface area (Å²) < 4.78 is 6.38. The SMILES string of the molecule is CCCNC1CCCC(Oc2ccc3[nH]ncc3c2CC)C1.Cl. The monoisotopic (exact) mass is 337 g/mol. The zero-order valence-electron chi connectivity index (χ0n) is 14.1. The summed E-state index contributed by atoms with van der Waals surface area (Å²) >= 11 is 0. The van der Waals surface area contributed by atoms with E-state index in [2.05, 4.69) is 41.5 Å². The van der Waals surface area contributed by atoms with Crippen molar-refractivity contribution in [1.29, 1.82) is 0 Å². The van der Waals surface area contributed by atoms with Crippen molar-refractivity contribution in [3.63, 3.8) is 0 Å². The van der Waals surface area contributed by atoms with Crippen LogP contribution in [-0.4, -0.2) is 28.9 Å². The first-order chi connectivity index (χ1) is 10.8. The van der Waals surface area contributed by atoms with Gasteiger partial charge >= 0.3 is 0 Å². The van der Waals surface area contributed by atoms with Crippen molar-refractivity contribution >= 4 is 23.3 Å². The molecule has 1 aromatic heterocycles. The molecule has 1 heterocycles. The van der Waals surface area contributed by atoms with Crippen LogP contribution in [0.4, 0.5) is 0 Å². The van der Waals surface area contributed by atoms with Crippen molar-refractivity contribution in [2.75, 3.05) is 6.54 Å². The van der Waals surface area contributed by atoms with Crippen molar-refractivity contribution in [3.05, 3.63) is 23.9 Å². The maximum Gasteiger partial charge on any atom is 0.123 e. The smallest absolute Gasteiger partial charge is 0.123 e. The molecule has 2 atom stereocenters. The molecule has 0 aliphatic heterocycles. The molecule has 0 bridgehead atoms. The predicted octanol–water partition coefficient (Wildman–Crippen LogP) is 4.24. The van der Waals surface area contributed by atoms with Gasteiger partial charge in [0.25, 0.3) is 0 Å². The Morgan fingerprint density at radius 1 is 1.30 bits per heavy atom. The number of H-pyrrole nitrogens is 1. The molecule has 2 aromatic rings. The van der Waals surface area contributed by atoms with Gasteiger partial charge in [-0.15, -0.1) is 12.4 Å². The number of aryl methyl sites for hydroxylation is 1. The van der Waals surface area contributed by atoms with Crippen LogP contribution in [0, 0.1) is 0 Å². The van der Waals surface area contributed by atoms with Crippen molar-refractivity contribution < 1.29 is 4.74 Å². The summed E-state index contributed by atoms with van der Waals surface area (Å²) in [5.41, 5.74) is 2.37. The molecule has 1 fully saturated rings. The molecule has 1 aromatic carbocycles. The molecule has 23 heavy (non-hydrogen) atoms. The summed E-state index contributed by atoms with van der Waals surface area (Å²) in [6.07, 6.45) is 9.22. The number of benzene rings is 1. The number of ether oxygens (including phenoxy) is 1. The number of hydrogen-bond donors (Lipinski definition) is 2. The first-order valence-corrected chi connectivity index (χ1v) is 8.66. The lowest BCUT2D eigenvalue weighted by atomic mass is 9.92. The number of aromatic nitrogens is 2. The highest BCUT2D eigenvalue weighted by molar-refractivity contribution is 5.85. The Morgan fingerprint density at radius 3 is 2.96 bits per heavy atom. The van der Waals surface area contributed by atoms with E-state index in [4.69, 9.17) is 4.74 Å². The Hall–Kier alpha value is -1.26. The van der Waals surface area contributed by atoms with Gasteiger partial charge in [0.1, 0.15) is 11.9 Å². The van der Waals surface area contributed by atoms with Crippen molar-refractivity contribution in [2.24, 2.45) is 0 Å². The molecule has 1 aliphatic rings. The van der Waals surface area contributed by atoms with Crippen molar-refractivity contribution in [2.45, 2.75) is 64.5 Å². The number of nitrogens with zero attached hydrogens (tertiary/aromatic N) is 1. The Balaban J connectivity index is 0.00000192. The van der Waals surface area contributed by atoms with Crippen LogP contribution in [0.25, 0.3) is 10.9 Å². The summed E-state index contributed by atoms with van der Waals surface area (Å²) in [7, 11) is 0. The molecule has 2 N–H and O–H groups in total. The average molecular weight is 338 g/mol. The molecule has 4 nitrogen and oxygen atoms in total. The van der Waals surface area contributed by atoms with Gasteiger partial charge in [-0.1, -0.05) is 13.8 Å². The number of fused-ring (bicyclic) bond motifs is 1. The number of rotatable bonds is 6. The lowest BCUT2D eigenvalue weighted by Crippen LogP contribution is -2.38. The average Bonchev–Trinajstić information content (AvgIpc) is 3.02. The Bertz CT molecular complexity index is 613. The third kappa shape index (κ3) is 4.18. The molecule has 128 valence electrons. The van der Waals surface area contributed by atoms with E-state index >= 15 is 0 Å². The molecule has 3 rings (SSSR count). The first-order valence-electron chi connectivity index (χ1n) is 8.66. The molecular weight excluding hydrogens is 310 g/mol. The van der Waals surface area contributed by atoms with Crippen LogP contribution < -0.4 is 10.1 Å². The lowest BCUT2D eigenvalue weighted by molar-refractivity contribution is 0.134. The molecule has 0 amide bonds. The van der Waals surface area contributed by atoms with Crippen LogP contribution in [0.3, 0.4) is 0 Å². The van der Waals surface area contributed by atoms with E-state index in [9.17, 15) is 0 Å². The minimum absolute atomic E-state index is 0. The van der Waals surface area contributed by atoms with Crippen LogP contribution in [0.2, 0.25) is 0 Å². The van der Waals surface area contributed by atoms with Crippen LogP contribution in [-0.2, 0) is 6.42 Å². The van der Waals surface area contributed by atoms with Crippen LogP contribution in [0.15, 0.2) is 18.3 Å². The highest BCUT2D eigenvalue weighted by Crippen LogP contribution is 2.31. The fourth-order valence-corrected chi connectivity index (χ4v) is 3.50. The molecule has 1 aliphatic carbocycles. The number of nitrogens with one attached hydrogen (secondary N) is 2. The van der Waals surface area contributed by atoms with Gasteiger partial charge in [0.2, 0.25) is 0 Å². The zero-order valence-corrected chi connectivity index (χ0v) is 14.9. The summed E-state index contributed by atoms with van der Waals surface area (Å²) in [6, 6.07) is 4.79. The Labute approximate surface area is 144 Å². The zero-order chi connectivity index (χ0) is 15.4. The maximum atomic E-state index is 6.38. The summed E-state index contributed by atoms with van der Waals surface area (Å²) in [4.78, 5) is 0. The fraction of sp³-hybridized carbons (Fsp3) is 0.611. The minimum Gasteiger partial charge on any atom is -0.490 e. The molecule has 0 radical (unpaired) electrons. The van der Waals surface area contributed by atoms with E-state index in [1.165, 1.54) is 30.2 Å². The van der Waals surface area contributed by atoms with Crippen LogP contribution in [0.5, 0.6) is 5.75 Å². The first kappa shape index (κ1) is 18.1. The quantitative estimate of drug-likeness (QED) is 0.829. The van der Waals surface area contributed by atoms with Crippen LogP contribution >= 0.6 is 12.4 Å². The molecule has 5 heteroatoms. The molecule has 1 saturated carbocycles. The minimum atomic E-state index is 0. The number of aromatic amines is 1. The normalized spacial score (nSPS) is 21.1. The lowest BCUT2D eigenvalue weighted by Gasteiger charge is -2.31. The predicted molar refractivity (Wildman–Crippen MR) is 97.7 cm³/mol. The number of halogens is 1. The van der Waals surface area contributed by atoms with Crippen molar-refractivity contribution in [3.8, 4) is 5.75 Å². The van der Waals surface area contributed by atoms with Gasteiger partial charge in [-0.3, -0.25) is 5.10 Å². The van der Waals surface area contributed by atoms with E-state index in [0.29, 0.717) is 12.1 Å². The molecule has 0 spiro atoms. The van der Waals surface area contributed by atoms with Gasteiger partial charge in [0, 0.05) is 17.0 Å². The van der Waals surface area contributed by atoms with E-state index in [0.717, 1.165) is 37.1 Å². The number of hydrogen-bond acceptors (Lipinski definition) is 3. The Kier molecular flexibility index (Phi) is 6.72. The van der Waals surface area contributed by atoms with Crippen molar-refractivity contribution in [1.82, 2.24) is 15.5 Å². The van der Waals surface area contributed by atoms with Gasteiger partial charge in [0.15, 0.2) is 0 Å². The maximum absolute atomic E-state index is 6.38. The van der Waals surface area contributed by atoms with Crippen LogP contribution in [0.1, 0.15) is 51.5 Å². The molecule has 0 saturated heterocycles. The molecular formula is C18H28ClN3O. The summed E-state index contributed by atoms with van der Waals surface area (Å²) in [6.45, 7) is 5.51. The third-order valence-electron chi connectivity index (χ3n) is 4.65. The highest BCUT2D eigenvalue weighted by Gasteiger charge is 2.23. The van der Waals surface area contributed by atoms with Gasteiger partial charge in [0.05, 0.1) is 11.7 Å². The van der Waals surface area contributed by atoms with Gasteiger partial charge < -0.3 is 10.1 Å². The van der Waals surface area contributed by atoms with Gasteiger partial charge in [-0.25, -0.2) is 0 Å². The highest BCUT2D eigenvalue weighted by atomic mass is 35.5. The third-order valence-corrected chi connectivity index (χ3v) is 4.65. The van der Waals surface area contributed by atoms with Gasteiger partial charge in [-0.2, -0.15) is 5.10 Å². The molecule has 2 unspecified atom stereocenters. The topological polar surface area (TPSA) is 49.9 Å². The van der Waals surface area contributed by atoms with E-state index < -0.39 is 0 Å². The fourth-order valence-electron chi connectivity index (χ4n) is 3.50. The van der Waals surface area contributed by atoms with E-state index in [1.54, 1.807) is 0 Å². The second-order valence-corrected chi connectivity index (χ2v) is 6.28. The van der Waals surface area contributed by atoms with E-state index in [1.807, 2.05) is 6.20 Å². The largest absolute Gasteiger partial charge is 0.490 e. The Morgan fingerprint density at radius 2 is 2.17 bits per heavy atom. The second-order valence-electron chi connectivity index (χ2n) is 6.28. The summed E-state index contributed by atoms with van der Waals surface area (Å²) in [5.74, 6) is 1.04.